The predicted molar refractivity (Wildman–Crippen MR) is 106 cm³/mol. The molecule has 0 fully saturated rings. The summed E-state index contributed by atoms with van der Waals surface area (Å²) in [5.41, 5.74) is 1.27. The van der Waals surface area contributed by atoms with E-state index in [0.717, 1.165) is 17.1 Å². The van der Waals surface area contributed by atoms with Crippen LogP contribution in [0.4, 0.5) is 4.39 Å². The quantitative estimate of drug-likeness (QED) is 0.576. The highest BCUT2D eigenvalue weighted by Gasteiger charge is 2.33. The Kier molecular flexibility index (Phi) is 6.75. The number of nitrogens with zero attached hydrogens (tertiary/aromatic N) is 4. The fourth-order valence-corrected chi connectivity index (χ4v) is 3.14. The molecule has 0 aliphatic rings. The third kappa shape index (κ3) is 5.08. The van der Waals surface area contributed by atoms with Gasteiger partial charge in [0.15, 0.2) is 11.7 Å². The summed E-state index contributed by atoms with van der Waals surface area (Å²) < 4.78 is 16.8. The van der Waals surface area contributed by atoms with Crippen LogP contribution in [0.15, 0.2) is 66.7 Å². The van der Waals surface area contributed by atoms with E-state index in [0.29, 0.717) is 5.69 Å². The van der Waals surface area contributed by atoms with Gasteiger partial charge in [0, 0.05) is 24.7 Å². The van der Waals surface area contributed by atoms with Crippen LogP contribution < -0.4 is 5.32 Å². The Morgan fingerprint density at radius 2 is 2.03 bits per heavy atom. The summed E-state index contributed by atoms with van der Waals surface area (Å²) in [5, 5.41) is 8.12. The van der Waals surface area contributed by atoms with Crippen molar-refractivity contribution in [1.82, 2.24) is 24.8 Å². The molecule has 9 heteroatoms. The molecule has 2 amide bonds. The SMILES string of the molecule is C=CCN(C(=O)c1csnn1)C(C(=O)NCc1ccc(F)cc1)c1ccccn1. The first kappa shape index (κ1) is 20.3. The normalized spacial score (nSPS) is 11.5. The average molecular weight is 411 g/mol. The monoisotopic (exact) mass is 411 g/mol. The fourth-order valence-electron chi connectivity index (χ4n) is 2.71. The molecule has 1 atom stereocenters. The number of amides is 2. The van der Waals surface area contributed by atoms with Crippen molar-refractivity contribution in [1.29, 1.82) is 0 Å². The maximum Gasteiger partial charge on any atom is 0.276 e. The highest BCUT2D eigenvalue weighted by molar-refractivity contribution is 7.03. The molecule has 148 valence electrons. The van der Waals surface area contributed by atoms with E-state index in [-0.39, 0.29) is 24.6 Å². The Balaban J connectivity index is 1.88. The molecule has 3 aromatic rings. The van der Waals surface area contributed by atoms with Crippen LogP contribution in [0.2, 0.25) is 0 Å². The predicted octanol–water partition coefficient (Wildman–Crippen LogP) is 2.76. The van der Waals surface area contributed by atoms with Gasteiger partial charge in [0.2, 0.25) is 5.91 Å². The Morgan fingerprint density at radius 3 is 2.66 bits per heavy atom. The van der Waals surface area contributed by atoms with Crippen molar-refractivity contribution >= 4 is 23.3 Å². The molecule has 7 nitrogen and oxygen atoms in total. The molecule has 0 aliphatic heterocycles. The van der Waals surface area contributed by atoms with Gasteiger partial charge < -0.3 is 10.2 Å². The van der Waals surface area contributed by atoms with E-state index in [1.54, 1.807) is 36.5 Å². The van der Waals surface area contributed by atoms with Crippen molar-refractivity contribution in [3.63, 3.8) is 0 Å². The average Bonchev–Trinajstić information content (AvgIpc) is 3.28. The lowest BCUT2D eigenvalue weighted by atomic mass is 10.1. The minimum Gasteiger partial charge on any atom is -0.350 e. The number of pyridine rings is 1. The zero-order valence-electron chi connectivity index (χ0n) is 15.4. The van der Waals surface area contributed by atoms with Crippen LogP contribution in [-0.2, 0) is 11.3 Å². The lowest BCUT2D eigenvalue weighted by Crippen LogP contribution is -2.44. The second kappa shape index (κ2) is 9.65. The van der Waals surface area contributed by atoms with Crippen LogP contribution in [0.3, 0.4) is 0 Å². The number of carbonyl (C=O) groups is 2. The van der Waals surface area contributed by atoms with Gasteiger partial charge in [-0.15, -0.1) is 11.7 Å². The molecule has 29 heavy (non-hydrogen) atoms. The summed E-state index contributed by atoms with van der Waals surface area (Å²) >= 11 is 1.05. The number of hydrogen-bond acceptors (Lipinski definition) is 6. The van der Waals surface area contributed by atoms with E-state index < -0.39 is 17.9 Å². The highest BCUT2D eigenvalue weighted by atomic mass is 32.1. The summed E-state index contributed by atoms with van der Waals surface area (Å²) in [6, 6.07) is 9.94. The lowest BCUT2D eigenvalue weighted by molar-refractivity contribution is -0.126. The van der Waals surface area contributed by atoms with E-state index in [4.69, 9.17) is 0 Å². The molecule has 2 aromatic heterocycles. The van der Waals surface area contributed by atoms with Gasteiger partial charge in [0.25, 0.3) is 5.91 Å². The molecule has 0 saturated heterocycles. The summed E-state index contributed by atoms with van der Waals surface area (Å²) in [6.07, 6.45) is 3.08. The molecule has 0 spiro atoms. The summed E-state index contributed by atoms with van der Waals surface area (Å²) in [7, 11) is 0. The summed E-state index contributed by atoms with van der Waals surface area (Å²) in [4.78, 5) is 31.6. The van der Waals surface area contributed by atoms with Gasteiger partial charge >= 0.3 is 0 Å². The van der Waals surface area contributed by atoms with Gasteiger partial charge in [-0.1, -0.05) is 28.8 Å². The first-order valence-corrected chi connectivity index (χ1v) is 9.56. The van der Waals surface area contributed by atoms with Crippen LogP contribution >= 0.6 is 11.5 Å². The molecule has 1 unspecified atom stereocenters. The van der Waals surface area contributed by atoms with Gasteiger partial charge in [-0.05, 0) is 41.4 Å². The maximum atomic E-state index is 13.1. The number of nitrogens with one attached hydrogen (secondary N) is 1. The second-order valence-corrected chi connectivity index (χ2v) is 6.65. The first-order valence-electron chi connectivity index (χ1n) is 8.72. The number of benzene rings is 1. The zero-order chi connectivity index (χ0) is 20.6. The van der Waals surface area contributed by atoms with E-state index in [1.165, 1.54) is 28.5 Å². The van der Waals surface area contributed by atoms with Gasteiger partial charge in [-0.25, -0.2) is 4.39 Å². The Hall–Kier alpha value is -3.46. The number of rotatable bonds is 8. The van der Waals surface area contributed by atoms with Crippen molar-refractivity contribution < 1.29 is 14.0 Å². The van der Waals surface area contributed by atoms with E-state index in [9.17, 15) is 14.0 Å². The van der Waals surface area contributed by atoms with Crippen molar-refractivity contribution in [3.05, 3.63) is 89.5 Å². The maximum absolute atomic E-state index is 13.1. The molecule has 2 heterocycles. The topological polar surface area (TPSA) is 88.1 Å². The van der Waals surface area contributed by atoms with Crippen LogP contribution in [-0.4, -0.2) is 37.8 Å². The number of halogens is 1. The van der Waals surface area contributed by atoms with Crippen molar-refractivity contribution in [3.8, 4) is 0 Å². The van der Waals surface area contributed by atoms with Crippen molar-refractivity contribution in [2.45, 2.75) is 12.6 Å². The van der Waals surface area contributed by atoms with Gasteiger partial charge in [-0.3, -0.25) is 14.6 Å². The minimum absolute atomic E-state index is 0.113. The second-order valence-electron chi connectivity index (χ2n) is 6.04. The third-order valence-electron chi connectivity index (χ3n) is 4.07. The Labute approximate surface area is 171 Å². The van der Waals surface area contributed by atoms with Crippen LogP contribution in [0, 0.1) is 5.82 Å². The zero-order valence-corrected chi connectivity index (χ0v) is 16.2. The van der Waals surface area contributed by atoms with Gasteiger partial charge in [0.05, 0.1) is 5.69 Å². The molecule has 0 bridgehead atoms. The number of carbonyl (C=O) groups excluding carboxylic acids is 2. The van der Waals surface area contributed by atoms with Crippen molar-refractivity contribution in [2.24, 2.45) is 0 Å². The molecule has 1 aromatic carbocycles. The third-order valence-corrected chi connectivity index (χ3v) is 4.58. The van der Waals surface area contributed by atoms with Crippen LogP contribution in [0.25, 0.3) is 0 Å². The summed E-state index contributed by atoms with van der Waals surface area (Å²) in [6.45, 7) is 3.98. The highest BCUT2D eigenvalue weighted by Crippen LogP contribution is 2.22. The lowest BCUT2D eigenvalue weighted by Gasteiger charge is -2.29. The van der Waals surface area contributed by atoms with Crippen LogP contribution in [0.1, 0.15) is 27.8 Å². The molecule has 0 aliphatic carbocycles. The van der Waals surface area contributed by atoms with E-state index >= 15 is 0 Å². The standard InChI is InChI=1S/C20H18FN5O2S/c1-2-11-26(20(28)17-13-29-25-24-17)18(16-5-3-4-10-22-16)19(27)23-12-14-6-8-15(21)9-7-14/h2-10,13,18H,1,11-12H2,(H,23,27). The van der Waals surface area contributed by atoms with Crippen molar-refractivity contribution in [2.75, 3.05) is 6.54 Å². The molecule has 0 radical (unpaired) electrons. The fraction of sp³-hybridized carbons (Fsp3) is 0.150. The van der Waals surface area contributed by atoms with E-state index in [1.807, 2.05) is 0 Å². The summed E-state index contributed by atoms with van der Waals surface area (Å²) in [5.74, 6) is -1.23. The van der Waals surface area contributed by atoms with E-state index in [2.05, 4.69) is 26.5 Å². The molecule has 0 saturated carbocycles. The Bertz CT molecular complexity index is 964. The molecular formula is C20H18FN5O2S. The van der Waals surface area contributed by atoms with Gasteiger partial charge in [0.1, 0.15) is 5.82 Å². The largest absolute Gasteiger partial charge is 0.350 e. The Morgan fingerprint density at radius 1 is 1.24 bits per heavy atom. The first-order chi connectivity index (χ1) is 14.1. The molecule has 3 rings (SSSR count). The van der Waals surface area contributed by atoms with Crippen LogP contribution in [0.5, 0.6) is 0 Å². The number of aromatic nitrogens is 3. The number of hydrogen-bond donors (Lipinski definition) is 1. The van der Waals surface area contributed by atoms with Gasteiger partial charge in [-0.2, -0.15) is 0 Å². The smallest absolute Gasteiger partial charge is 0.276 e. The molecule has 1 N–H and O–H groups in total. The minimum atomic E-state index is -0.996. The molecular weight excluding hydrogens is 393 g/mol.